The van der Waals surface area contributed by atoms with Gasteiger partial charge in [0.25, 0.3) is 0 Å². The van der Waals surface area contributed by atoms with Crippen LogP contribution in [0.1, 0.15) is 44.1 Å². The molecule has 2 aromatic heterocycles. The van der Waals surface area contributed by atoms with Gasteiger partial charge in [0.15, 0.2) is 0 Å². The van der Waals surface area contributed by atoms with E-state index in [1.165, 1.54) is 0 Å². The van der Waals surface area contributed by atoms with Gasteiger partial charge in [-0.3, -0.25) is 4.90 Å². The minimum absolute atomic E-state index is 0.00440. The van der Waals surface area contributed by atoms with Gasteiger partial charge in [-0.1, -0.05) is 20.8 Å². The number of hydrogen-bond donors (Lipinski definition) is 0. The Hall–Kier alpha value is -1.69. The average Bonchev–Trinajstić information content (AvgIpc) is 2.97. The van der Waals surface area contributed by atoms with Crippen molar-refractivity contribution in [2.45, 2.75) is 52.7 Å². The number of aryl methyl sites for hydroxylation is 1. The Bertz CT molecular complexity index is 607. The molecule has 3 rings (SSSR count). The first kappa shape index (κ1) is 13.3. The van der Waals surface area contributed by atoms with Crippen LogP contribution in [0.2, 0.25) is 0 Å². The summed E-state index contributed by atoms with van der Waals surface area (Å²) >= 11 is 0. The fourth-order valence-corrected chi connectivity index (χ4v) is 2.41. The fourth-order valence-electron chi connectivity index (χ4n) is 2.41. The summed E-state index contributed by atoms with van der Waals surface area (Å²) in [5.74, 6) is 3.73. The number of aromatic nitrogens is 4. The van der Waals surface area contributed by atoms with Gasteiger partial charge in [-0.25, -0.2) is 4.98 Å². The van der Waals surface area contributed by atoms with Gasteiger partial charge in [-0.05, 0) is 6.92 Å². The van der Waals surface area contributed by atoms with Crippen LogP contribution in [0.5, 0.6) is 0 Å². The van der Waals surface area contributed by atoms with Crippen LogP contribution >= 0.6 is 0 Å². The molecule has 1 aliphatic rings. The van der Waals surface area contributed by atoms with E-state index < -0.39 is 0 Å². The molecule has 6 nitrogen and oxygen atoms in total. The standard InChI is InChI=1S/C14H21N5O/c1-10-16-17-12-8-18(5-6-19(10)12)9-13-15-7-11(20-13)14(2,3)4/h7H,5-6,8-9H2,1-4H3. The molecular formula is C14H21N5O. The molecule has 0 amide bonds. The minimum Gasteiger partial charge on any atom is -0.444 e. The molecule has 3 heterocycles. The van der Waals surface area contributed by atoms with Crippen molar-refractivity contribution in [3.8, 4) is 0 Å². The molecule has 0 spiro atoms. The van der Waals surface area contributed by atoms with E-state index in [9.17, 15) is 0 Å². The van der Waals surface area contributed by atoms with Crippen molar-refractivity contribution in [2.24, 2.45) is 0 Å². The van der Waals surface area contributed by atoms with E-state index in [4.69, 9.17) is 4.42 Å². The first-order valence-corrected chi connectivity index (χ1v) is 7.00. The fraction of sp³-hybridized carbons (Fsp3) is 0.643. The van der Waals surface area contributed by atoms with Gasteiger partial charge in [0.2, 0.25) is 5.89 Å². The Balaban J connectivity index is 1.69. The zero-order valence-corrected chi connectivity index (χ0v) is 12.6. The van der Waals surface area contributed by atoms with Gasteiger partial charge < -0.3 is 8.98 Å². The predicted octanol–water partition coefficient (Wildman–Crippen LogP) is 1.89. The molecule has 6 heteroatoms. The Kier molecular flexibility index (Phi) is 3.12. The summed E-state index contributed by atoms with van der Waals surface area (Å²) in [6, 6.07) is 0. The quantitative estimate of drug-likeness (QED) is 0.837. The van der Waals surface area contributed by atoms with Crippen LogP contribution in [0.4, 0.5) is 0 Å². The Morgan fingerprint density at radius 2 is 2.05 bits per heavy atom. The molecule has 0 saturated carbocycles. The molecule has 0 fully saturated rings. The van der Waals surface area contributed by atoms with Crippen molar-refractivity contribution in [3.05, 3.63) is 29.5 Å². The van der Waals surface area contributed by atoms with E-state index in [1.807, 2.05) is 13.1 Å². The van der Waals surface area contributed by atoms with Crippen LogP contribution in [-0.2, 0) is 25.0 Å². The van der Waals surface area contributed by atoms with Crippen molar-refractivity contribution in [2.75, 3.05) is 6.54 Å². The zero-order valence-electron chi connectivity index (χ0n) is 12.6. The third-order valence-corrected chi connectivity index (χ3v) is 3.67. The second kappa shape index (κ2) is 4.70. The SMILES string of the molecule is Cc1nnc2n1CCN(Cc1ncc(C(C)(C)C)o1)C2. The van der Waals surface area contributed by atoms with Gasteiger partial charge in [0, 0.05) is 18.5 Å². The van der Waals surface area contributed by atoms with Gasteiger partial charge in [-0.2, -0.15) is 0 Å². The minimum atomic E-state index is 0.00440. The largest absolute Gasteiger partial charge is 0.444 e. The summed E-state index contributed by atoms with van der Waals surface area (Å²) in [7, 11) is 0. The molecular weight excluding hydrogens is 254 g/mol. The maximum atomic E-state index is 5.85. The van der Waals surface area contributed by atoms with Crippen LogP contribution in [0.15, 0.2) is 10.6 Å². The third-order valence-electron chi connectivity index (χ3n) is 3.67. The van der Waals surface area contributed by atoms with E-state index in [0.717, 1.165) is 49.5 Å². The highest BCUT2D eigenvalue weighted by molar-refractivity contribution is 5.06. The van der Waals surface area contributed by atoms with Crippen LogP contribution in [0.25, 0.3) is 0 Å². The van der Waals surface area contributed by atoms with Crippen molar-refractivity contribution in [1.82, 2.24) is 24.6 Å². The van der Waals surface area contributed by atoms with Crippen molar-refractivity contribution in [3.63, 3.8) is 0 Å². The lowest BCUT2D eigenvalue weighted by molar-refractivity contribution is 0.186. The van der Waals surface area contributed by atoms with Gasteiger partial charge in [-0.15, -0.1) is 10.2 Å². The lowest BCUT2D eigenvalue weighted by Gasteiger charge is -2.26. The second-order valence-corrected chi connectivity index (χ2v) is 6.39. The Morgan fingerprint density at radius 1 is 1.25 bits per heavy atom. The lowest BCUT2D eigenvalue weighted by atomic mass is 9.94. The molecule has 0 saturated heterocycles. The molecule has 0 unspecified atom stereocenters. The molecule has 2 aromatic rings. The van der Waals surface area contributed by atoms with Gasteiger partial charge >= 0.3 is 0 Å². The smallest absolute Gasteiger partial charge is 0.208 e. The van der Waals surface area contributed by atoms with Crippen LogP contribution in [0.3, 0.4) is 0 Å². The second-order valence-electron chi connectivity index (χ2n) is 6.39. The topological polar surface area (TPSA) is 60.0 Å². The zero-order chi connectivity index (χ0) is 14.3. The number of oxazole rings is 1. The first-order valence-electron chi connectivity index (χ1n) is 7.00. The van der Waals surface area contributed by atoms with E-state index in [-0.39, 0.29) is 5.41 Å². The molecule has 0 bridgehead atoms. The highest BCUT2D eigenvalue weighted by atomic mass is 16.4. The summed E-state index contributed by atoms with van der Waals surface area (Å²) < 4.78 is 8.02. The van der Waals surface area contributed by atoms with Gasteiger partial charge in [0.05, 0.1) is 19.3 Å². The molecule has 0 N–H and O–H groups in total. The first-order chi connectivity index (χ1) is 9.43. The molecule has 20 heavy (non-hydrogen) atoms. The number of rotatable bonds is 2. The highest BCUT2D eigenvalue weighted by Crippen LogP contribution is 2.23. The molecule has 0 atom stereocenters. The summed E-state index contributed by atoms with van der Waals surface area (Å²) in [6.45, 7) is 11.8. The van der Waals surface area contributed by atoms with Crippen LogP contribution < -0.4 is 0 Å². The number of fused-ring (bicyclic) bond motifs is 1. The van der Waals surface area contributed by atoms with Crippen LogP contribution in [0, 0.1) is 6.92 Å². The lowest BCUT2D eigenvalue weighted by Crippen LogP contribution is -2.33. The number of nitrogens with zero attached hydrogens (tertiary/aromatic N) is 5. The summed E-state index contributed by atoms with van der Waals surface area (Å²) in [5.41, 5.74) is 0.00440. The Labute approximate surface area is 118 Å². The highest BCUT2D eigenvalue weighted by Gasteiger charge is 2.23. The molecule has 0 aromatic carbocycles. The maximum absolute atomic E-state index is 5.85. The molecule has 108 valence electrons. The summed E-state index contributed by atoms with van der Waals surface area (Å²) in [4.78, 5) is 6.68. The van der Waals surface area contributed by atoms with E-state index in [0.29, 0.717) is 0 Å². The normalized spacial score (nSPS) is 16.4. The summed E-state index contributed by atoms with van der Waals surface area (Å²) in [6.07, 6.45) is 1.84. The molecule has 1 aliphatic heterocycles. The van der Waals surface area contributed by atoms with E-state index >= 15 is 0 Å². The Morgan fingerprint density at radius 3 is 2.75 bits per heavy atom. The number of hydrogen-bond acceptors (Lipinski definition) is 5. The van der Waals surface area contributed by atoms with E-state index in [2.05, 4.69) is 45.4 Å². The van der Waals surface area contributed by atoms with Gasteiger partial charge in [0.1, 0.15) is 17.4 Å². The van der Waals surface area contributed by atoms with Crippen molar-refractivity contribution < 1.29 is 4.42 Å². The van der Waals surface area contributed by atoms with Crippen molar-refractivity contribution >= 4 is 0 Å². The molecule has 0 radical (unpaired) electrons. The van der Waals surface area contributed by atoms with Crippen LogP contribution in [-0.4, -0.2) is 31.2 Å². The summed E-state index contributed by atoms with van der Waals surface area (Å²) in [5, 5.41) is 8.34. The van der Waals surface area contributed by atoms with Crippen molar-refractivity contribution in [1.29, 1.82) is 0 Å². The van der Waals surface area contributed by atoms with E-state index in [1.54, 1.807) is 0 Å². The monoisotopic (exact) mass is 275 g/mol. The average molecular weight is 275 g/mol. The predicted molar refractivity (Wildman–Crippen MR) is 74.1 cm³/mol. The maximum Gasteiger partial charge on any atom is 0.208 e. The molecule has 0 aliphatic carbocycles. The third kappa shape index (κ3) is 2.47.